The minimum Gasteiger partial charge on any atom is -0.381 e. The molecule has 2 rings (SSSR count). The Hall–Kier alpha value is -1.16. The molecule has 0 unspecified atom stereocenters. The van der Waals surface area contributed by atoms with Crippen LogP contribution in [0.2, 0.25) is 0 Å². The molecule has 1 fully saturated rings. The van der Waals surface area contributed by atoms with Crippen molar-refractivity contribution in [3.05, 3.63) is 18.0 Å². The number of nitrogens with one attached hydrogen (secondary N) is 1. The van der Waals surface area contributed by atoms with Crippen LogP contribution in [0.5, 0.6) is 0 Å². The smallest absolute Gasteiger partial charge is 0.222 e. The van der Waals surface area contributed by atoms with Gasteiger partial charge in [0.15, 0.2) is 0 Å². The molecule has 2 heterocycles. The minimum absolute atomic E-state index is 0.110. The summed E-state index contributed by atoms with van der Waals surface area (Å²) in [6.45, 7) is 9.22. The molecule has 18 heavy (non-hydrogen) atoms. The lowest BCUT2D eigenvalue weighted by Gasteiger charge is -2.22. The molecular weight excluding hydrogens is 226 g/mol. The van der Waals surface area contributed by atoms with Crippen molar-refractivity contribution in [1.82, 2.24) is 9.97 Å². The van der Waals surface area contributed by atoms with Crippen LogP contribution in [0, 0.1) is 5.92 Å². The molecule has 0 aromatic carbocycles. The van der Waals surface area contributed by atoms with E-state index in [9.17, 15) is 0 Å². The molecule has 100 valence electrons. The van der Waals surface area contributed by atoms with Gasteiger partial charge in [-0.05, 0) is 29.7 Å². The SMILES string of the molecule is CC(C)(C)c1cnc(NCC2CCOCC2)nc1. The summed E-state index contributed by atoms with van der Waals surface area (Å²) in [7, 11) is 0. The van der Waals surface area contributed by atoms with Gasteiger partial charge in [-0.15, -0.1) is 0 Å². The van der Waals surface area contributed by atoms with Crippen LogP contribution in [0.3, 0.4) is 0 Å². The third-order valence-corrected chi connectivity index (χ3v) is 3.41. The van der Waals surface area contributed by atoms with Gasteiger partial charge in [0.1, 0.15) is 0 Å². The molecule has 4 heteroatoms. The lowest BCUT2D eigenvalue weighted by molar-refractivity contribution is 0.0699. The first kappa shape index (κ1) is 13.3. The summed E-state index contributed by atoms with van der Waals surface area (Å²) < 4.78 is 5.35. The fraction of sp³-hybridized carbons (Fsp3) is 0.714. The van der Waals surface area contributed by atoms with Gasteiger partial charge in [-0.3, -0.25) is 0 Å². The maximum absolute atomic E-state index is 5.35. The van der Waals surface area contributed by atoms with Crippen LogP contribution in [0.15, 0.2) is 12.4 Å². The summed E-state index contributed by atoms with van der Waals surface area (Å²) in [6.07, 6.45) is 6.10. The van der Waals surface area contributed by atoms with E-state index in [4.69, 9.17) is 4.74 Å². The van der Waals surface area contributed by atoms with Gasteiger partial charge in [0.25, 0.3) is 0 Å². The molecule has 0 saturated carbocycles. The lowest BCUT2D eigenvalue weighted by Crippen LogP contribution is -2.23. The second kappa shape index (κ2) is 5.65. The Morgan fingerprint density at radius 2 is 1.83 bits per heavy atom. The number of nitrogens with zero attached hydrogens (tertiary/aromatic N) is 2. The Labute approximate surface area is 109 Å². The van der Waals surface area contributed by atoms with Crippen LogP contribution in [-0.4, -0.2) is 29.7 Å². The van der Waals surface area contributed by atoms with Crippen molar-refractivity contribution in [3.8, 4) is 0 Å². The standard InChI is InChI=1S/C14H23N3O/c1-14(2,3)12-9-16-13(17-10-12)15-8-11-4-6-18-7-5-11/h9-11H,4-8H2,1-3H3,(H,15,16,17). The molecule has 0 amide bonds. The number of hydrogen-bond donors (Lipinski definition) is 1. The van der Waals surface area contributed by atoms with E-state index in [0.29, 0.717) is 5.92 Å². The van der Waals surface area contributed by atoms with Gasteiger partial charge in [-0.25, -0.2) is 9.97 Å². The number of aromatic nitrogens is 2. The monoisotopic (exact) mass is 249 g/mol. The third kappa shape index (κ3) is 3.67. The Balaban J connectivity index is 1.86. The second-order valence-corrected chi connectivity index (χ2v) is 5.98. The molecule has 0 bridgehead atoms. The van der Waals surface area contributed by atoms with Crippen molar-refractivity contribution in [1.29, 1.82) is 0 Å². The maximum Gasteiger partial charge on any atom is 0.222 e. The first-order valence-electron chi connectivity index (χ1n) is 6.70. The van der Waals surface area contributed by atoms with Crippen LogP contribution in [0.4, 0.5) is 5.95 Å². The zero-order chi connectivity index (χ0) is 13.0. The maximum atomic E-state index is 5.35. The van der Waals surface area contributed by atoms with Crippen molar-refractivity contribution in [2.45, 2.75) is 39.0 Å². The largest absolute Gasteiger partial charge is 0.381 e. The first-order chi connectivity index (χ1) is 8.55. The topological polar surface area (TPSA) is 47.0 Å². The van der Waals surface area contributed by atoms with E-state index in [1.54, 1.807) is 0 Å². The fourth-order valence-electron chi connectivity index (χ4n) is 1.99. The molecule has 0 spiro atoms. The molecule has 1 aliphatic heterocycles. The van der Waals surface area contributed by atoms with Gasteiger partial charge in [-0.1, -0.05) is 20.8 Å². The van der Waals surface area contributed by atoms with E-state index < -0.39 is 0 Å². The Bertz CT molecular complexity index is 364. The van der Waals surface area contributed by atoms with E-state index in [2.05, 4.69) is 36.1 Å². The first-order valence-corrected chi connectivity index (χ1v) is 6.70. The van der Waals surface area contributed by atoms with Gasteiger partial charge in [0.2, 0.25) is 5.95 Å². The van der Waals surface area contributed by atoms with E-state index in [1.807, 2.05) is 12.4 Å². The summed E-state index contributed by atoms with van der Waals surface area (Å²) in [4.78, 5) is 8.75. The average Bonchev–Trinajstić information content (AvgIpc) is 2.37. The van der Waals surface area contributed by atoms with Crippen molar-refractivity contribution < 1.29 is 4.74 Å². The van der Waals surface area contributed by atoms with Gasteiger partial charge < -0.3 is 10.1 Å². The molecule has 0 atom stereocenters. The average molecular weight is 249 g/mol. The number of hydrogen-bond acceptors (Lipinski definition) is 4. The highest BCUT2D eigenvalue weighted by atomic mass is 16.5. The Kier molecular flexibility index (Phi) is 4.17. The Morgan fingerprint density at radius 3 is 2.39 bits per heavy atom. The predicted octanol–water partition coefficient (Wildman–Crippen LogP) is 2.61. The van der Waals surface area contributed by atoms with Crippen molar-refractivity contribution >= 4 is 5.95 Å². The van der Waals surface area contributed by atoms with E-state index >= 15 is 0 Å². The molecule has 1 aromatic rings. The molecule has 1 saturated heterocycles. The van der Waals surface area contributed by atoms with Crippen molar-refractivity contribution in [2.75, 3.05) is 25.1 Å². The highest BCUT2D eigenvalue weighted by Gasteiger charge is 2.16. The summed E-state index contributed by atoms with van der Waals surface area (Å²) in [6, 6.07) is 0. The van der Waals surface area contributed by atoms with Gasteiger partial charge in [0, 0.05) is 32.2 Å². The molecule has 1 aromatic heterocycles. The Morgan fingerprint density at radius 1 is 1.22 bits per heavy atom. The fourth-order valence-corrected chi connectivity index (χ4v) is 1.99. The molecule has 0 aliphatic carbocycles. The summed E-state index contributed by atoms with van der Waals surface area (Å²) >= 11 is 0. The normalized spacial score (nSPS) is 17.7. The zero-order valence-electron chi connectivity index (χ0n) is 11.6. The predicted molar refractivity (Wildman–Crippen MR) is 72.8 cm³/mol. The summed E-state index contributed by atoms with van der Waals surface area (Å²) in [5.74, 6) is 1.42. The summed E-state index contributed by atoms with van der Waals surface area (Å²) in [5.41, 5.74) is 1.28. The highest BCUT2D eigenvalue weighted by molar-refractivity contribution is 5.27. The minimum atomic E-state index is 0.110. The number of rotatable bonds is 3. The quantitative estimate of drug-likeness (QED) is 0.894. The third-order valence-electron chi connectivity index (χ3n) is 3.41. The molecule has 1 aliphatic rings. The molecule has 0 radical (unpaired) electrons. The van der Waals surface area contributed by atoms with E-state index in [-0.39, 0.29) is 5.41 Å². The van der Waals surface area contributed by atoms with Gasteiger partial charge >= 0.3 is 0 Å². The second-order valence-electron chi connectivity index (χ2n) is 5.98. The van der Waals surface area contributed by atoms with Crippen molar-refractivity contribution in [2.24, 2.45) is 5.92 Å². The van der Waals surface area contributed by atoms with Crippen LogP contribution < -0.4 is 5.32 Å². The van der Waals surface area contributed by atoms with E-state index in [0.717, 1.165) is 38.5 Å². The highest BCUT2D eigenvalue weighted by Crippen LogP contribution is 2.21. The van der Waals surface area contributed by atoms with Crippen LogP contribution in [-0.2, 0) is 10.2 Å². The van der Waals surface area contributed by atoms with Crippen LogP contribution >= 0.6 is 0 Å². The van der Waals surface area contributed by atoms with Gasteiger partial charge in [0.05, 0.1) is 0 Å². The van der Waals surface area contributed by atoms with Crippen molar-refractivity contribution in [3.63, 3.8) is 0 Å². The van der Waals surface area contributed by atoms with Crippen LogP contribution in [0.25, 0.3) is 0 Å². The zero-order valence-corrected chi connectivity index (χ0v) is 11.6. The van der Waals surface area contributed by atoms with E-state index in [1.165, 1.54) is 5.56 Å². The lowest BCUT2D eigenvalue weighted by atomic mass is 9.89. The number of ether oxygens (including phenoxy) is 1. The molecule has 1 N–H and O–H groups in total. The van der Waals surface area contributed by atoms with Gasteiger partial charge in [-0.2, -0.15) is 0 Å². The number of anilines is 1. The molecule has 4 nitrogen and oxygen atoms in total. The summed E-state index contributed by atoms with van der Waals surface area (Å²) in [5, 5.41) is 3.32. The molecular formula is C14H23N3O. The van der Waals surface area contributed by atoms with Crippen LogP contribution in [0.1, 0.15) is 39.2 Å².